The lowest BCUT2D eigenvalue weighted by Crippen LogP contribution is -2.48. The van der Waals surface area contributed by atoms with Gasteiger partial charge in [0.1, 0.15) is 11.9 Å². The zero-order valence-electron chi connectivity index (χ0n) is 15.5. The molecule has 1 amide bonds. The van der Waals surface area contributed by atoms with Crippen molar-refractivity contribution in [3.8, 4) is 0 Å². The topological polar surface area (TPSA) is 104 Å². The molecule has 2 heterocycles. The molecule has 0 saturated carbocycles. The van der Waals surface area contributed by atoms with Crippen molar-refractivity contribution >= 4 is 27.0 Å². The summed E-state index contributed by atoms with van der Waals surface area (Å²) >= 11 is -2.24. The van der Waals surface area contributed by atoms with E-state index >= 15 is 0 Å². The molecule has 2 rings (SSSR count). The van der Waals surface area contributed by atoms with Crippen molar-refractivity contribution in [3.63, 3.8) is 0 Å². The van der Waals surface area contributed by atoms with E-state index in [0.29, 0.717) is 17.9 Å². The molecular weight excluding hydrogens is 392 g/mol. The molecule has 152 valence electrons. The van der Waals surface area contributed by atoms with E-state index in [2.05, 4.69) is 6.58 Å². The number of ether oxygens (including phenoxy) is 1. The predicted octanol–water partition coefficient (Wildman–Crippen LogP) is 1.22. The lowest BCUT2D eigenvalue weighted by molar-refractivity contribution is -0.131. The summed E-state index contributed by atoms with van der Waals surface area (Å²) in [7, 11) is -3.04. The summed E-state index contributed by atoms with van der Waals surface area (Å²) in [4.78, 5) is 14.0. The number of carbonyl (C=O) groups excluding carboxylic acids is 1. The van der Waals surface area contributed by atoms with Crippen LogP contribution in [0.3, 0.4) is 0 Å². The first kappa shape index (κ1) is 21.6. The Balaban J connectivity index is 2.06. The first-order chi connectivity index (χ1) is 12.7. The van der Waals surface area contributed by atoms with Crippen molar-refractivity contribution in [1.29, 1.82) is 0 Å². The Bertz CT molecular complexity index is 760. The number of amides is 1. The fraction of sp³-hybridized carbons (Fsp3) is 0.588. The maximum Gasteiger partial charge on any atom is 0.262 e. The summed E-state index contributed by atoms with van der Waals surface area (Å²) < 4.78 is 51.8. The maximum absolute atomic E-state index is 12.4. The fourth-order valence-electron chi connectivity index (χ4n) is 3.21. The van der Waals surface area contributed by atoms with Crippen LogP contribution in [0.25, 0.3) is 0 Å². The lowest BCUT2D eigenvalue weighted by atomic mass is 10.0. The van der Waals surface area contributed by atoms with Gasteiger partial charge in [0.05, 0.1) is 23.2 Å². The number of sulfone groups is 1. The van der Waals surface area contributed by atoms with Crippen LogP contribution in [0.4, 0.5) is 0 Å². The molecule has 2 aliphatic rings. The van der Waals surface area contributed by atoms with Crippen LogP contribution in [-0.4, -0.2) is 69.0 Å². The average molecular weight is 419 g/mol. The molecule has 0 spiro atoms. The van der Waals surface area contributed by atoms with Crippen molar-refractivity contribution in [1.82, 2.24) is 9.21 Å². The Labute approximate surface area is 162 Å². The van der Waals surface area contributed by atoms with Gasteiger partial charge in [-0.25, -0.2) is 12.6 Å². The van der Waals surface area contributed by atoms with Crippen LogP contribution in [0, 0.1) is 0 Å². The molecule has 0 aliphatic carbocycles. The molecular formula is C17H26N2O6S2. The van der Waals surface area contributed by atoms with Crippen LogP contribution in [-0.2, 0) is 30.6 Å². The van der Waals surface area contributed by atoms with Gasteiger partial charge in [-0.3, -0.25) is 13.7 Å². The Morgan fingerprint density at radius 1 is 1.41 bits per heavy atom. The first-order valence-electron chi connectivity index (χ1n) is 8.74. The minimum atomic E-state index is -3.04. The summed E-state index contributed by atoms with van der Waals surface area (Å²) in [5.74, 6) is 0.268. The number of nitrogens with zero attached hydrogens (tertiary/aromatic N) is 2. The van der Waals surface area contributed by atoms with Gasteiger partial charge in [0.2, 0.25) is 5.91 Å². The van der Waals surface area contributed by atoms with E-state index in [1.54, 1.807) is 30.9 Å². The van der Waals surface area contributed by atoms with Gasteiger partial charge in [-0.15, -0.1) is 0 Å². The molecule has 1 N–H and O–H groups in total. The summed E-state index contributed by atoms with van der Waals surface area (Å²) in [6.07, 6.45) is 4.90. The van der Waals surface area contributed by atoms with Gasteiger partial charge in [0.25, 0.3) is 11.3 Å². The highest BCUT2D eigenvalue weighted by Crippen LogP contribution is 2.32. The third kappa shape index (κ3) is 5.20. The summed E-state index contributed by atoms with van der Waals surface area (Å²) in [6, 6.07) is -0.418. The number of carbonyl (C=O) groups is 1. The van der Waals surface area contributed by atoms with Crippen molar-refractivity contribution < 1.29 is 26.7 Å². The second-order valence-electron chi connectivity index (χ2n) is 6.47. The van der Waals surface area contributed by atoms with Crippen molar-refractivity contribution in [3.05, 3.63) is 36.3 Å². The molecule has 2 saturated heterocycles. The highest BCUT2D eigenvalue weighted by Gasteiger charge is 2.38. The van der Waals surface area contributed by atoms with Crippen LogP contribution < -0.4 is 0 Å². The smallest absolute Gasteiger partial charge is 0.262 e. The number of morpholine rings is 1. The molecule has 3 atom stereocenters. The summed E-state index contributed by atoms with van der Waals surface area (Å²) in [5.41, 5.74) is 0.493. The van der Waals surface area contributed by atoms with Crippen molar-refractivity contribution in [2.75, 3.05) is 24.6 Å². The minimum absolute atomic E-state index is 0.0107. The van der Waals surface area contributed by atoms with Gasteiger partial charge in [0.15, 0.2) is 9.84 Å². The molecule has 8 nitrogen and oxygen atoms in total. The number of hydrogen-bond donors (Lipinski definition) is 1. The monoisotopic (exact) mass is 418 g/mol. The van der Waals surface area contributed by atoms with Gasteiger partial charge in [-0.1, -0.05) is 18.7 Å². The van der Waals surface area contributed by atoms with Gasteiger partial charge in [-0.05, 0) is 26.3 Å². The molecule has 27 heavy (non-hydrogen) atoms. The van der Waals surface area contributed by atoms with Crippen LogP contribution in [0.15, 0.2) is 36.3 Å². The SMILES string of the molecule is C=C/C=C1/OC(CCC(=O)N2CCS(=O)(=O)CC2)[C@@H](C)N(S(=O)O)/C1=C/C. The molecule has 0 aromatic rings. The largest absolute Gasteiger partial charge is 0.486 e. The van der Waals surface area contributed by atoms with E-state index in [9.17, 15) is 22.0 Å². The molecule has 0 aromatic heterocycles. The Hall–Kier alpha value is -1.65. The predicted molar refractivity (Wildman–Crippen MR) is 103 cm³/mol. The normalized spacial score (nSPS) is 29.4. The van der Waals surface area contributed by atoms with E-state index in [-0.39, 0.29) is 36.9 Å². The fourth-order valence-corrected chi connectivity index (χ4v) is 5.20. The highest BCUT2D eigenvalue weighted by atomic mass is 32.2. The Morgan fingerprint density at radius 2 is 2.04 bits per heavy atom. The van der Waals surface area contributed by atoms with Crippen LogP contribution in [0.2, 0.25) is 0 Å². The molecule has 2 aliphatic heterocycles. The average Bonchev–Trinajstić information content (AvgIpc) is 2.60. The molecule has 0 radical (unpaired) electrons. The standard InChI is InChI=1S/C17H26N2O6S2/c1-4-6-16-14(5-2)19(26(21)22)13(3)15(25-16)7-8-17(20)18-9-11-27(23,24)12-10-18/h4-6,13,15H,1,7-12H2,2-3H3,(H,21,22)/b14-5+,16-6+/t13-,15?/m1/s1. The van der Waals surface area contributed by atoms with E-state index < -0.39 is 33.2 Å². The van der Waals surface area contributed by atoms with Crippen LogP contribution in [0.1, 0.15) is 26.7 Å². The third-order valence-corrected chi connectivity index (χ3v) is 7.20. The zero-order chi connectivity index (χ0) is 20.2. The second-order valence-corrected chi connectivity index (χ2v) is 9.62. The molecule has 2 unspecified atom stereocenters. The number of allylic oxidation sites excluding steroid dienone is 3. The van der Waals surface area contributed by atoms with E-state index in [1.165, 1.54) is 10.4 Å². The van der Waals surface area contributed by atoms with Gasteiger partial charge in [0, 0.05) is 19.5 Å². The highest BCUT2D eigenvalue weighted by molar-refractivity contribution is 7.91. The first-order valence-corrected chi connectivity index (χ1v) is 11.6. The molecule has 2 fully saturated rings. The lowest BCUT2D eigenvalue weighted by Gasteiger charge is -2.41. The van der Waals surface area contributed by atoms with Crippen molar-refractivity contribution in [2.45, 2.75) is 38.8 Å². The third-order valence-electron chi connectivity index (χ3n) is 4.73. The zero-order valence-corrected chi connectivity index (χ0v) is 17.2. The Morgan fingerprint density at radius 3 is 2.56 bits per heavy atom. The molecule has 10 heteroatoms. The van der Waals surface area contributed by atoms with Crippen LogP contribution >= 0.6 is 0 Å². The van der Waals surface area contributed by atoms with Gasteiger partial charge >= 0.3 is 0 Å². The van der Waals surface area contributed by atoms with Gasteiger partial charge < -0.3 is 9.64 Å². The van der Waals surface area contributed by atoms with E-state index in [1.807, 2.05) is 0 Å². The summed E-state index contributed by atoms with van der Waals surface area (Å²) in [6.45, 7) is 7.56. The molecule has 0 aromatic carbocycles. The maximum atomic E-state index is 12.4. The quantitative estimate of drug-likeness (QED) is 0.674. The van der Waals surface area contributed by atoms with E-state index in [0.717, 1.165) is 0 Å². The number of hydrogen-bond acceptors (Lipinski definition) is 5. The van der Waals surface area contributed by atoms with Crippen LogP contribution in [0.5, 0.6) is 0 Å². The van der Waals surface area contributed by atoms with Gasteiger partial charge in [-0.2, -0.15) is 0 Å². The van der Waals surface area contributed by atoms with E-state index in [4.69, 9.17) is 4.74 Å². The Kier molecular flexibility index (Phi) is 7.24. The minimum Gasteiger partial charge on any atom is -0.486 e. The van der Waals surface area contributed by atoms with Crippen molar-refractivity contribution in [2.24, 2.45) is 0 Å². The summed E-state index contributed by atoms with van der Waals surface area (Å²) in [5, 5.41) is 0. The molecule has 0 bridgehead atoms. The second kappa shape index (κ2) is 9.03. The number of rotatable bonds is 5.